The summed E-state index contributed by atoms with van der Waals surface area (Å²) in [5.74, 6) is 1.09. The minimum Gasteiger partial charge on any atom is -0.361 e. The highest BCUT2D eigenvalue weighted by Crippen LogP contribution is 2.23. The van der Waals surface area contributed by atoms with Crippen molar-refractivity contribution in [2.45, 2.75) is 59.2 Å². The summed E-state index contributed by atoms with van der Waals surface area (Å²) >= 11 is 0. The summed E-state index contributed by atoms with van der Waals surface area (Å²) < 4.78 is 2.44. The van der Waals surface area contributed by atoms with Crippen molar-refractivity contribution in [2.75, 3.05) is 6.54 Å². The van der Waals surface area contributed by atoms with Crippen molar-refractivity contribution < 1.29 is 0 Å². The number of hydrogen-bond acceptors (Lipinski definition) is 2. The number of imidazole rings is 1. The number of hydrogen-bond donors (Lipinski definition) is 1. The Hall–Kier alpha value is -2.85. The van der Waals surface area contributed by atoms with Gasteiger partial charge in [0.05, 0.1) is 11.9 Å². The van der Waals surface area contributed by atoms with Gasteiger partial charge in [-0.05, 0) is 48.5 Å². The van der Waals surface area contributed by atoms with E-state index in [1.807, 2.05) is 6.20 Å². The third-order valence-electron chi connectivity index (χ3n) is 5.94. The third-order valence-corrected chi connectivity index (χ3v) is 5.94. The van der Waals surface area contributed by atoms with Crippen LogP contribution in [0.4, 0.5) is 0 Å². The van der Waals surface area contributed by atoms with E-state index in [2.05, 4.69) is 89.1 Å². The summed E-state index contributed by atoms with van der Waals surface area (Å²) in [6.07, 6.45) is 8.87. The Kier molecular flexibility index (Phi) is 7.21. The molecule has 0 aliphatic rings. The second-order valence-electron chi connectivity index (χ2n) is 8.41. The SMILES string of the molecule is CCCCN(Cc1ccc2[nH]ccc2c1)Cc1cnc(-c2ccccc2)n1CCCC. The number of unbranched alkanes of at least 4 members (excludes halogenated alkanes) is 2. The normalized spacial score (nSPS) is 11.6. The maximum atomic E-state index is 4.85. The molecule has 31 heavy (non-hydrogen) atoms. The molecule has 2 aromatic carbocycles. The van der Waals surface area contributed by atoms with Crippen LogP contribution in [0.15, 0.2) is 67.0 Å². The highest BCUT2D eigenvalue weighted by molar-refractivity contribution is 5.79. The molecule has 2 heterocycles. The summed E-state index contributed by atoms with van der Waals surface area (Å²) in [7, 11) is 0. The average molecular weight is 415 g/mol. The van der Waals surface area contributed by atoms with Crippen LogP contribution in [0.5, 0.6) is 0 Å². The van der Waals surface area contributed by atoms with Crippen LogP contribution < -0.4 is 0 Å². The molecule has 0 aliphatic carbocycles. The fourth-order valence-electron chi connectivity index (χ4n) is 4.20. The topological polar surface area (TPSA) is 36.9 Å². The molecule has 0 amide bonds. The van der Waals surface area contributed by atoms with Gasteiger partial charge in [-0.3, -0.25) is 4.90 Å². The van der Waals surface area contributed by atoms with E-state index in [0.717, 1.165) is 32.0 Å². The minimum atomic E-state index is 0.925. The number of rotatable bonds is 11. The Bertz CT molecular complexity index is 1080. The number of nitrogens with one attached hydrogen (secondary N) is 1. The Morgan fingerprint density at radius 1 is 0.935 bits per heavy atom. The molecule has 0 atom stereocenters. The molecule has 0 unspecified atom stereocenters. The van der Waals surface area contributed by atoms with Gasteiger partial charge in [-0.15, -0.1) is 0 Å². The summed E-state index contributed by atoms with van der Waals surface area (Å²) in [4.78, 5) is 10.7. The van der Waals surface area contributed by atoms with E-state index < -0.39 is 0 Å². The monoisotopic (exact) mass is 414 g/mol. The smallest absolute Gasteiger partial charge is 0.140 e. The molecule has 4 heteroatoms. The zero-order valence-corrected chi connectivity index (χ0v) is 18.8. The Morgan fingerprint density at radius 2 is 1.77 bits per heavy atom. The summed E-state index contributed by atoms with van der Waals surface area (Å²) in [5.41, 5.74) is 5.08. The molecule has 0 saturated carbocycles. The molecule has 0 radical (unpaired) electrons. The summed E-state index contributed by atoms with van der Waals surface area (Å²) in [6, 6.07) is 19.5. The van der Waals surface area contributed by atoms with E-state index in [0.29, 0.717) is 0 Å². The molecule has 2 aromatic heterocycles. The Morgan fingerprint density at radius 3 is 2.58 bits per heavy atom. The van der Waals surface area contributed by atoms with Crippen molar-refractivity contribution in [3.8, 4) is 11.4 Å². The van der Waals surface area contributed by atoms with Crippen molar-refractivity contribution in [3.05, 3.63) is 78.2 Å². The Balaban J connectivity index is 1.58. The summed E-state index contributed by atoms with van der Waals surface area (Å²) in [5, 5.41) is 1.28. The number of nitrogens with zero attached hydrogens (tertiary/aromatic N) is 3. The highest BCUT2D eigenvalue weighted by Gasteiger charge is 2.15. The zero-order chi connectivity index (χ0) is 21.5. The molecular weight excluding hydrogens is 380 g/mol. The first-order valence-corrected chi connectivity index (χ1v) is 11.7. The van der Waals surface area contributed by atoms with Crippen molar-refractivity contribution in [2.24, 2.45) is 0 Å². The van der Waals surface area contributed by atoms with Gasteiger partial charge in [0, 0.05) is 36.9 Å². The van der Waals surface area contributed by atoms with Crippen LogP contribution >= 0.6 is 0 Å². The predicted octanol–water partition coefficient (Wildman–Crippen LogP) is 6.63. The number of aromatic amines is 1. The molecule has 0 saturated heterocycles. The lowest BCUT2D eigenvalue weighted by atomic mass is 10.1. The van der Waals surface area contributed by atoms with Crippen LogP contribution in [0.25, 0.3) is 22.3 Å². The third kappa shape index (κ3) is 5.26. The van der Waals surface area contributed by atoms with Gasteiger partial charge < -0.3 is 9.55 Å². The molecule has 0 bridgehead atoms. The van der Waals surface area contributed by atoms with E-state index in [9.17, 15) is 0 Å². The average Bonchev–Trinajstić information content (AvgIpc) is 3.43. The van der Waals surface area contributed by atoms with Crippen molar-refractivity contribution in [1.82, 2.24) is 19.4 Å². The molecule has 4 aromatic rings. The minimum absolute atomic E-state index is 0.925. The van der Waals surface area contributed by atoms with E-state index >= 15 is 0 Å². The van der Waals surface area contributed by atoms with Gasteiger partial charge in [-0.25, -0.2) is 4.98 Å². The highest BCUT2D eigenvalue weighted by atomic mass is 15.2. The molecule has 1 N–H and O–H groups in total. The maximum absolute atomic E-state index is 4.85. The van der Waals surface area contributed by atoms with Crippen LogP contribution in [0.1, 0.15) is 50.8 Å². The molecule has 0 aliphatic heterocycles. The molecule has 162 valence electrons. The van der Waals surface area contributed by atoms with Gasteiger partial charge in [-0.1, -0.05) is 63.1 Å². The number of H-pyrrole nitrogens is 1. The number of fused-ring (bicyclic) bond motifs is 1. The Labute approximate surface area is 185 Å². The van der Waals surface area contributed by atoms with E-state index in [1.165, 1.54) is 53.4 Å². The van der Waals surface area contributed by atoms with Crippen molar-refractivity contribution in [1.29, 1.82) is 0 Å². The van der Waals surface area contributed by atoms with Gasteiger partial charge in [0.15, 0.2) is 0 Å². The van der Waals surface area contributed by atoms with Gasteiger partial charge in [0.1, 0.15) is 5.82 Å². The lowest BCUT2D eigenvalue weighted by molar-refractivity contribution is 0.246. The first-order valence-electron chi connectivity index (χ1n) is 11.7. The zero-order valence-electron chi connectivity index (χ0n) is 18.8. The molecule has 0 fully saturated rings. The number of aromatic nitrogens is 3. The maximum Gasteiger partial charge on any atom is 0.140 e. The lowest BCUT2D eigenvalue weighted by Gasteiger charge is -2.23. The number of benzene rings is 2. The second kappa shape index (κ2) is 10.5. The van der Waals surface area contributed by atoms with Gasteiger partial charge in [-0.2, -0.15) is 0 Å². The van der Waals surface area contributed by atoms with Crippen LogP contribution in [0.2, 0.25) is 0 Å². The fourth-order valence-corrected chi connectivity index (χ4v) is 4.20. The van der Waals surface area contributed by atoms with Crippen molar-refractivity contribution in [3.63, 3.8) is 0 Å². The molecular formula is C27H34N4. The standard InChI is InChI=1S/C27H34N4/c1-3-5-16-30(20-22-12-13-26-24(18-22)14-15-28-26)21-25-19-29-27(31(25)17-6-4-2)23-10-8-7-9-11-23/h7-15,18-19,28H,3-6,16-17,20-21H2,1-2H3. The summed E-state index contributed by atoms with van der Waals surface area (Å²) in [6.45, 7) is 8.52. The van der Waals surface area contributed by atoms with Gasteiger partial charge in [0.2, 0.25) is 0 Å². The van der Waals surface area contributed by atoms with Crippen LogP contribution in [-0.2, 0) is 19.6 Å². The van der Waals surface area contributed by atoms with Crippen LogP contribution in [0, 0.1) is 0 Å². The fraction of sp³-hybridized carbons (Fsp3) is 0.370. The molecule has 4 nitrogen and oxygen atoms in total. The van der Waals surface area contributed by atoms with E-state index in [1.54, 1.807) is 0 Å². The van der Waals surface area contributed by atoms with Crippen LogP contribution in [-0.4, -0.2) is 26.0 Å². The van der Waals surface area contributed by atoms with Gasteiger partial charge >= 0.3 is 0 Å². The van der Waals surface area contributed by atoms with Gasteiger partial charge in [0.25, 0.3) is 0 Å². The van der Waals surface area contributed by atoms with Crippen molar-refractivity contribution >= 4 is 10.9 Å². The molecule has 4 rings (SSSR count). The first-order chi connectivity index (χ1) is 15.3. The lowest BCUT2D eigenvalue weighted by Crippen LogP contribution is -2.25. The van der Waals surface area contributed by atoms with Crippen LogP contribution in [0.3, 0.4) is 0 Å². The largest absolute Gasteiger partial charge is 0.361 e. The quantitative estimate of drug-likeness (QED) is 0.299. The predicted molar refractivity (Wildman–Crippen MR) is 130 cm³/mol. The first kappa shape index (κ1) is 21.4. The second-order valence-corrected chi connectivity index (χ2v) is 8.41. The molecule has 0 spiro atoms. The van der Waals surface area contributed by atoms with E-state index in [-0.39, 0.29) is 0 Å². The van der Waals surface area contributed by atoms with E-state index in [4.69, 9.17) is 4.98 Å².